The lowest BCUT2D eigenvalue weighted by molar-refractivity contribution is -0.120. The maximum absolute atomic E-state index is 11.3. The highest BCUT2D eigenvalue weighted by Gasteiger charge is 2.01. The molecule has 82 valence electrons. The molecule has 0 aromatic heterocycles. The molecule has 0 aliphatic carbocycles. The molecule has 15 heavy (non-hydrogen) atoms. The fraction of sp³-hybridized carbons (Fsp3) is 0.300. The van der Waals surface area contributed by atoms with Gasteiger partial charge in [0.1, 0.15) is 6.61 Å². The number of hydrogen-bond acceptors (Lipinski definition) is 3. The Kier molecular flexibility index (Phi) is 5.59. The number of nitrogens with one attached hydrogen (secondary N) is 1. The fourth-order valence-corrected chi connectivity index (χ4v) is 1.34. The number of nitrogens with two attached hydrogens (primary N) is 1. The minimum atomic E-state index is -0.162. The van der Waals surface area contributed by atoms with Crippen molar-refractivity contribution in [1.29, 1.82) is 0 Å². The molecule has 0 spiro atoms. The molecule has 4 nitrogen and oxygen atoms in total. The van der Waals surface area contributed by atoms with Crippen LogP contribution in [0.3, 0.4) is 0 Å². The highest BCUT2D eigenvalue weighted by Crippen LogP contribution is 2.10. The molecule has 0 heterocycles. The predicted octanol–water partition coefficient (Wildman–Crippen LogP) is 1.20. The number of benzene rings is 1. The van der Waals surface area contributed by atoms with Gasteiger partial charge in [-0.1, -0.05) is 0 Å². The minimum absolute atomic E-state index is 0.0448. The molecule has 0 saturated carbocycles. The van der Waals surface area contributed by atoms with Crippen molar-refractivity contribution in [2.75, 3.05) is 25.1 Å². The summed E-state index contributed by atoms with van der Waals surface area (Å²) in [6.07, 6.45) is 0. The molecule has 0 atom stereocenters. The molecule has 0 radical (unpaired) electrons. The zero-order valence-corrected chi connectivity index (χ0v) is 10.4. The van der Waals surface area contributed by atoms with Crippen molar-refractivity contribution in [2.24, 2.45) is 5.73 Å². The van der Waals surface area contributed by atoms with E-state index in [1.165, 1.54) is 0 Å². The average molecular weight is 320 g/mol. The van der Waals surface area contributed by atoms with Crippen LogP contribution in [0, 0.1) is 3.57 Å². The molecular weight excluding hydrogens is 307 g/mol. The zero-order chi connectivity index (χ0) is 11.1. The minimum Gasteiger partial charge on any atom is -0.370 e. The number of rotatable bonds is 5. The van der Waals surface area contributed by atoms with E-state index in [1.54, 1.807) is 0 Å². The van der Waals surface area contributed by atoms with E-state index < -0.39 is 0 Å². The molecule has 1 aromatic carbocycles. The van der Waals surface area contributed by atoms with Gasteiger partial charge in [-0.3, -0.25) is 4.79 Å². The number of carbonyl (C=O) groups is 1. The van der Waals surface area contributed by atoms with E-state index in [2.05, 4.69) is 27.9 Å². The van der Waals surface area contributed by atoms with E-state index >= 15 is 0 Å². The second-order valence-electron chi connectivity index (χ2n) is 2.90. The topological polar surface area (TPSA) is 64.3 Å². The third-order valence-electron chi connectivity index (χ3n) is 1.62. The zero-order valence-electron chi connectivity index (χ0n) is 8.20. The van der Waals surface area contributed by atoms with Gasteiger partial charge in [0.25, 0.3) is 0 Å². The van der Waals surface area contributed by atoms with E-state index in [-0.39, 0.29) is 12.5 Å². The number of hydrogen-bond donors (Lipinski definition) is 2. The summed E-state index contributed by atoms with van der Waals surface area (Å²) < 4.78 is 6.13. The number of anilines is 1. The van der Waals surface area contributed by atoms with Crippen LogP contribution in [0.15, 0.2) is 24.3 Å². The van der Waals surface area contributed by atoms with Gasteiger partial charge in [0.15, 0.2) is 0 Å². The van der Waals surface area contributed by atoms with E-state index in [4.69, 9.17) is 10.5 Å². The van der Waals surface area contributed by atoms with Crippen LogP contribution in [-0.4, -0.2) is 25.7 Å². The van der Waals surface area contributed by atoms with Gasteiger partial charge in [-0.05, 0) is 46.9 Å². The summed E-state index contributed by atoms with van der Waals surface area (Å²) in [5.74, 6) is -0.162. The second kappa shape index (κ2) is 6.76. The van der Waals surface area contributed by atoms with Gasteiger partial charge in [0, 0.05) is 15.8 Å². The highest BCUT2D eigenvalue weighted by molar-refractivity contribution is 14.1. The standard InChI is InChI=1S/C10H13IN2O2/c11-8-1-3-9(4-2-8)13-10(14)7-15-6-5-12/h1-4H,5-7,12H2,(H,13,14). The SMILES string of the molecule is NCCOCC(=O)Nc1ccc(I)cc1. The van der Waals surface area contributed by atoms with Crippen LogP contribution in [0.4, 0.5) is 5.69 Å². The van der Waals surface area contributed by atoms with E-state index in [0.717, 1.165) is 9.26 Å². The lowest BCUT2D eigenvalue weighted by Crippen LogP contribution is -2.20. The first-order valence-electron chi connectivity index (χ1n) is 4.55. The van der Waals surface area contributed by atoms with Crippen molar-refractivity contribution >= 4 is 34.2 Å². The molecule has 1 aromatic rings. The van der Waals surface area contributed by atoms with E-state index in [1.807, 2.05) is 24.3 Å². The van der Waals surface area contributed by atoms with Gasteiger partial charge < -0.3 is 15.8 Å². The second-order valence-corrected chi connectivity index (χ2v) is 4.14. The summed E-state index contributed by atoms with van der Waals surface area (Å²) in [4.78, 5) is 11.3. The van der Waals surface area contributed by atoms with Gasteiger partial charge >= 0.3 is 0 Å². The lowest BCUT2D eigenvalue weighted by Gasteiger charge is -2.05. The summed E-state index contributed by atoms with van der Waals surface area (Å²) in [5, 5.41) is 2.72. The molecule has 1 amide bonds. The Labute approximate surface area is 102 Å². The van der Waals surface area contributed by atoms with Gasteiger partial charge in [0.05, 0.1) is 6.61 Å². The van der Waals surface area contributed by atoms with Gasteiger partial charge in [-0.15, -0.1) is 0 Å². The first kappa shape index (κ1) is 12.4. The molecule has 0 aliphatic heterocycles. The monoisotopic (exact) mass is 320 g/mol. The molecule has 5 heteroatoms. The average Bonchev–Trinajstić information content (AvgIpc) is 2.22. The van der Waals surface area contributed by atoms with Crippen molar-refractivity contribution in [1.82, 2.24) is 0 Å². The molecular formula is C10H13IN2O2. The fourth-order valence-electron chi connectivity index (χ4n) is 0.978. The summed E-state index contributed by atoms with van der Waals surface area (Å²) >= 11 is 2.21. The van der Waals surface area contributed by atoms with Crippen LogP contribution >= 0.6 is 22.6 Å². The van der Waals surface area contributed by atoms with Crippen LogP contribution in [0.2, 0.25) is 0 Å². The van der Waals surface area contributed by atoms with Crippen molar-refractivity contribution < 1.29 is 9.53 Å². The maximum atomic E-state index is 11.3. The van der Waals surface area contributed by atoms with Gasteiger partial charge in [0.2, 0.25) is 5.91 Å². The smallest absolute Gasteiger partial charge is 0.250 e. The molecule has 0 bridgehead atoms. The van der Waals surface area contributed by atoms with Crippen LogP contribution < -0.4 is 11.1 Å². The Bertz CT molecular complexity index is 314. The van der Waals surface area contributed by atoms with Crippen molar-refractivity contribution in [3.63, 3.8) is 0 Å². The van der Waals surface area contributed by atoms with Crippen molar-refractivity contribution in [2.45, 2.75) is 0 Å². The normalized spacial score (nSPS) is 10.0. The third kappa shape index (κ3) is 5.10. The Balaban J connectivity index is 2.34. The van der Waals surface area contributed by atoms with Crippen LogP contribution in [-0.2, 0) is 9.53 Å². The van der Waals surface area contributed by atoms with Gasteiger partial charge in [-0.2, -0.15) is 0 Å². The Hall–Kier alpha value is -0.660. The van der Waals surface area contributed by atoms with Crippen molar-refractivity contribution in [3.05, 3.63) is 27.8 Å². The molecule has 0 aliphatic rings. The lowest BCUT2D eigenvalue weighted by atomic mass is 10.3. The number of carbonyl (C=O) groups excluding carboxylic acids is 1. The number of halogens is 1. The van der Waals surface area contributed by atoms with Crippen LogP contribution in [0.1, 0.15) is 0 Å². The number of amides is 1. The number of ether oxygens (including phenoxy) is 1. The summed E-state index contributed by atoms with van der Waals surface area (Å²) in [6.45, 7) is 0.875. The van der Waals surface area contributed by atoms with E-state index in [0.29, 0.717) is 13.2 Å². The molecule has 0 fully saturated rings. The summed E-state index contributed by atoms with van der Waals surface area (Å²) in [6, 6.07) is 7.55. The molecule has 3 N–H and O–H groups in total. The first-order chi connectivity index (χ1) is 7.22. The predicted molar refractivity (Wildman–Crippen MR) is 67.7 cm³/mol. The molecule has 0 unspecified atom stereocenters. The van der Waals surface area contributed by atoms with E-state index in [9.17, 15) is 4.79 Å². The maximum Gasteiger partial charge on any atom is 0.250 e. The quantitative estimate of drug-likeness (QED) is 0.633. The molecule has 1 rings (SSSR count). The first-order valence-corrected chi connectivity index (χ1v) is 5.63. The van der Waals surface area contributed by atoms with Crippen LogP contribution in [0.25, 0.3) is 0 Å². The Morgan fingerprint density at radius 1 is 1.40 bits per heavy atom. The van der Waals surface area contributed by atoms with Crippen LogP contribution in [0.5, 0.6) is 0 Å². The Morgan fingerprint density at radius 2 is 2.07 bits per heavy atom. The third-order valence-corrected chi connectivity index (χ3v) is 2.34. The van der Waals surface area contributed by atoms with Crippen molar-refractivity contribution in [3.8, 4) is 0 Å². The largest absolute Gasteiger partial charge is 0.370 e. The summed E-state index contributed by atoms with van der Waals surface area (Å²) in [5.41, 5.74) is 6.00. The van der Waals surface area contributed by atoms with Gasteiger partial charge in [-0.25, -0.2) is 0 Å². The Morgan fingerprint density at radius 3 is 2.67 bits per heavy atom. The highest BCUT2D eigenvalue weighted by atomic mass is 127. The molecule has 0 saturated heterocycles. The summed E-state index contributed by atoms with van der Waals surface area (Å²) in [7, 11) is 0.